The molecule has 1 aromatic carbocycles. The molecule has 3 rings (SSSR count). The average Bonchev–Trinajstić information content (AvgIpc) is 2.97. The number of hydrogen-bond donors (Lipinski definition) is 0. The van der Waals surface area contributed by atoms with Crippen LogP contribution in [-0.4, -0.2) is 36.9 Å². The highest BCUT2D eigenvalue weighted by molar-refractivity contribution is 9.10. The van der Waals surface area contributed by atoms with E-state index in [9.17, 15) is 8.42 Å². The monoisotopic (exact) mass is 396 g/mol. The maximum absolute atomic E-state index is 12.6. The van der Waals surface area contributed by atoms with Gasteiger partial charge in [-0.1, -0.05) is 22.0 Å². The fraction of sp³-hybridized carbons (Fsp3) is 0.312. The fourth-order valence-electron chi connectivity index (χ4n) is 2.52. The van der Waals surface area contributed by atoms with Gasteiger partial charge < -0.3 is 4.74 Å². The van der Waals surface area contributed by atoms with Crippen LogP contribution in [0.15, 0.2) is 51.8 Å². The third-order valence-electron chi connectivity index (χ3n) is 3.71. The zero-order chi connectivity index (χ0) is 16.4. The van der Waals surface area contributed by atoms with Gasteiger partial charge in [-0.3, -0.25) is 0 Å². The molecule has 0 amide bonds. The Balaban J connectivity index is 1.70. The molecule has 1 atom stereocenters. The first kappa shape index (κ1) is 16.4. The molecule has 0 bridgehead atoms. The van der Waals surface area contributed by atoms with E-state index in [0.29, 0.717) is 30.3 Å². The molecule has 1 aromatic heterocycles. The minimum absolute atomic E-state index is 0.172. The molecule has 5 nitrogen and oxygen atoms in total. The summed E-state index contributed by atoms with van der Waals surface area (Å²) in [5, 5.41) is 0. The number of benzene rings is 1. The van der Waals surface area contributed by atoms with Crippen molar-refractivity contribution in [1.29, 1.82) is 0 Å². The predicted octanol–water partition coefficient (Wildman–Crippen LogP) is 2.99. The van der Waals surface area contributed by atoms with E-state index in [4.69, 9.17) is 4.74 Å². The molecular formula is C16H17BrN2O3S. The Morgan fingerprint density at radius 2 is 1.96 bits per heavy atom. The lowest BCUT2D eigenvalue weighted by atomic mass is 10.3. The molecule has 0 aliphatic carbocycles. The van der Waals surface area contributed by atoms with Gasteiger partial charge in [0, 0.05) is 22.8 Å². The summed E-state index contributed by atoms with van der Waals surface area (Å²) < 4.78 is 33.4. The van der Waals surface area contributed by atoms with E-state index in [1.165, 1.54) is 4.31 Å². The number of nitrogens with zero attached hydrogens (tertiary/aromatic N) is 2. The topological polar surface area (TPSA) is 59.5 Å². The van der Waals surface area contributed by atoms with Gasteiger partial charge in [0.2, 0.25) is 15.9 Å². The first-order chi connectivity index (χ1) is 10.9. The van der Waals surface area contributed by atoms with Crippen molar-refractivity contribution >= 4 is 26.0 Å². The van der Waals surface area contributed by atoms with E-state index < -0.39 is 10.0 Å². The number of pyridine rings is 1. The molecule has 0 radical (unpaired) electrons. The second-order valence-corrected chi connectivity index (χ2v) is 8.32. The van der Waals surface area contributed by atoms with Gasteiger partial charge in [0.05, 0.1) is 11.4 Å². The third kappa shape index (κ3) is 3.73. The highest BCUT2D eigenvalue weighted by Gasteiger charge is 2.33. The lowest BCUT2D eigenvalue weighted by Crippen LogP contribution is -2.31. The van der Waals surface area contributed by atoms with Crippen molar-refractivity contribution in [2.24, 2.45) is 0 Å². The second kappa shape index (κ2) is 6.59. The predicted molar refractivity (Wildman–Crippen MR) is 90.9 cm³/mol. The van der Waals surface area contributed by atoms with Crippen molar-refractivity contribution in [3.05, 3.63) is 52.6 Å². The summed E-state index contributed by atoms with van der Waals surface area (Å²) in [5.41, 5.74) is 0.875. The van der Waals surface area contributed by atoms with Crippen molar-refractivity contribution in [3.63, 3.8) is 0 Å². The average molecular weight is 397 g/mol. The van der Waals surface area contributed by atoms with Crippen molar-refractivity contribution in [1.82, 2.24) is 9.29 Å². The quantitative estimate of drug-likeness (QED) is 0.796. The van der Waals surface area contributed by atoms with Crippen LogP contribution in [0, 0.1) is 6.92 Å². The summed E-state index contributed by atoms with van der Waals surface area (Å²) >= 11 is 3.31. The van der Waals surface area contributed by atoms with Crippen LogP contribution in [0.3, 0.4) is 0 Å². The molecule has 1 unspecified atom stereocenters. The first-order valence-electron chi connectivity index (χ1n) is 7.31. The van der Waals surface area contributed by atoms with Crippen LogP contribution < -0.4 is 4.74 Å². The van der Waals surface area contributed by atoms with Gasteiger partial charge in [-0.05, 0) is 43.7 Å². The Kier molecular flexibility index (Phi) is 4.70. The van der Waals surface area contributed by atoms with Crippen molar-refractivity contribution < 1.29 is 13.2 Å². The Morgan fingerprint density at radius 3 is 2.65 bits per heavy atom. The highest BCUT2D eigenvalue weighted by atomic mass is 79.9. The van der Waals surface area contributed by atoms with Crippen LogP contribution >= 0.6 is 15.9 Å². The van der Waals surface area contributed by atoms with Crippen LogP contribution in [0.4, 0.5) is 0 Å². The normalized spacial score (nSPS) is 19.0. The molecule has 1 fully saturated rings. The molecule has 0 saturated carbocycles. The number of aryl methyl sites for hydroxylation is 1. The number of halogens is 1. The molecule has 23 heavy (non-hydrogen) atoms. The van der Waals surface area contributed by atoms with E-state index >= 15 is 0 Å². The maximum Gasteiger partial charge on any atom is 0.243 e. The minimum Gasteiger partial charge on any atom is -0.473 e. The Morgan fingerprint density at radius 1 is 1.22 bits per heavy atom. The third-order valence-corrected chi connectivity index (χ3v) is 6.12. The molecular weight excluding hydrogens is 380 g/mol. The molecule has 122 valence electrons. The van der Waals surface area contributed by atoms with Crippen molar-refractivity contribution in [2.75, 3.05) is 13.1 Å². The summed E-state index contributed by atoms with van der Waals surface area (Å²) in [6.45, 7) is 2.69. The lowest BCUT2D eigenvalue weighted by molar-refractivity contribution is 0.206. The van der Waals surface area contributed by atoms with E-state index in [-0.39, 0.29) is 6.10 Å². The molecule has 1 saturated heterocycles. The number of ether oxygens (including phenoxy) is 1. The molecule has 7 heteroatoms. The standard InChI is InChI=1S/C16H17BrN2O3S/c1-12-3-2-4-16(18-12)22-14-9-10-19(11-14)23(20,21)15-7-5-13(17)6-8-15/h2-8,14H,9-11H2,1H3. The summed E-state index contributed by atoms with van der Waals surface area (Å²) in [6, 6.07) is 12.2. The maximum atomic E-state index is 12.6. The fourth-order valence-corrected chi connectivity index (χ4v) is 4.27. The van der Waals surface area contributed by atoms with E-state index in [2.05, 4.69) is 20.9 Å². The van der Waals surface area contributed by atoms with Crippen molar-refractivity contribution in [2.45, 2.75) is 24.3 Å². The highest BCUT2D eigenvalue weighted by Crippen LogP contribution is 2.24. The summed E-state index contributed by atoms with van der Waals surface area (Å²) in [4.78, 5) is 4.60. The zero-order valence-corrected chi connectivity index (χ0v) is 15.0. The van der Waals surface area contributed by atoms with E-state index in [1.807, 2.05) is 19.1 Å². The van der Waals surface area contributed by atoms with Gasteiger partial charge >= 0.3 is 0 Å². The van der Waals surface area contributed by atoms with Gasteiger partial charge in [0.25, 0.3) is 0 Å². The summed E-state index contributed by atoms with van der Waals surface area (Å²) in [7, 11) is -3.48. The molecule has 2 heterocycles. The van der Waals surface area contributed by atoms with E-state index in [1.54, 1.807) is 30.3 Å². The van der Waals surface area contributed by atoms with Crippen LogP contribution in [0.1, 0.15) is 12.1 Å². The van der Waals surface area contributed by atoms with Crippen LogP contribution in [0.2, 0.25) is 0 Å². The Labute approximate surface area is 144 Å². The van der Waals surface area contributed by atoms with Gasteiger partial charge in [-0.15, -0.1) is 0 Å². The number of rotatable bonds is 4. The summed E-state index contributed by atoms with van der Waals surface area (Å²) in [5.74, 6) is 0.540. The van der Waals surface area contributed by atoms with Gasteiger partial charge in [-0.2, -0.15) is 4.31 Å². The van der Waals surface area contributed by atoms with Crippen LogP contribution in [0.5, 0.6) is 5.88 Å². The number of hydrogen-bond acceptors (Lipinski definition) is 4. The van der Waals surface area contributed by atoms with Gasteiger partial charge in [0.15, 0.2) is 0 Å². The smallest absolute Gasteiger partial charge is 0.243 e. The molecule has 1 aliphatic heterocycles. The van der Waals surface area contributed by atoms with E-state index in [0.717, 1.165) is 10.2 Å². The van der Waals surface area contributed by atoms with Crippen LogP contribution in [0.25, 0.3) is 0 Å². The SMILES string of the molecule is Cc1cccc(OC2CCN(S(=O)(=O)c3ccc(Br)cc3)C2)n1. The van der Waals surface area contributed by atoms with Crippen molar-refractivity contribution in [3.8, 4) is 5.88 Å². The largest absolute Gasteiger partial charge is 0.473 e. The van der Waals surface area contributed by atoms with Crippen LogP contribution in [-0.2, 0) is 10.0 Å². The molecule has 2 aromatic rings. The first-order valence-corrected chi connectivity index (χ1v) is 9.54. The number of aromatic nitrogens is 1. The van der Waals surface area contributed by atoms with Gasteiger partial charge in [0.1, 0.15) is 6.10 Å². The summed E-state index contributed by atoms with van der Waals surface area (Å²) in [6.07, 6.45) is 0.486. The minimum atomic E-state index is -3.48. The second-order valence-electron chi connectivity index (χ2n) is 5.46. The zero-order valence-electron chi connectivity index (χ0n) is 12.6. The number of sulfonamides is 1. The molecule has 0 spiro atoms. The molecule has 0 N–H and O–H groups in total. The Hall–Kier alpha value is -1.44. The lowest BCUT2D eigenvalue weighted by Gasteiger charge is -2.17. The molecule has 1 aliphatic rings. The van der Waals surface area contributed by atoms with Gasteiger partial charge in [-0.25, -0.2) is 13.4 Å². The Bertz CT molecular complexity index is 793.